The van der Waals surface area contributed by atoms with E-state index in [1.54, 1.807) is 13.1 Å². The number of anilines is 1. The summed E-state index contributed by atoms with van der Waals surface area (Å²) >= 11 is 0. The molecule has 0 unspecified atom stereocenters. The number of esters is 1. The van der Waals surface area contributed by atoms with Crippen LogP contribution in [0.4, 0.5) is 5.82 Å². The van der Waals surface area contributed by atoms with Crippen LogP contribution in [0.5, 0.6) is 0 Å². The fourth-order valence-electron chi connectivity index (χ4n) is 3.64. The molecule has 2 aromatic heterocycles. The first-order valence-electron chi connectivity index (χ1n) is 9.91. The molecule has 3 heterocycles. The molecule has 0 spiro atoms. The molecule has 0 aliphatic carbocycles. The van der Waals surface area contributed by atoms with Crippen LogP contribution in [0, 0.1) is 6.92 Å². The third-order valence-electron chi connectivity index (χ3n) is 5.03. The lowest BCUT2D eigenvalue weighted by atomic mass is 10.0. The smallest absolute Gasteiger partial charge is 0.339 e. The molecule has 3 rings (SSSR count). The number of methoxy groups -OCH3 is 1. The standard InChI is InChI=1S/C21H28N4O4/c1-4-6-16-17(21(27)28-3)14(2)24-18(16)20(26)23-13-15-7-5-8-22-19(15)25-9-11-29-12-10-25/h5,7-8,24H,4,6,9-13H2,1-3H3,(H,23,26). The number of aromatic nitrogens is 2. The normalized spacial score (nSPS) is 14.0. The maximum atomic E-state index is 12.9. The van der Waals surface area contributed by atoms with Crippen LogP contribution in [-0.2, 0) is 22.4 Å². The van der Waals surface area contributed by atoms with Gasteiger partial charge in [-0.1, -0.05) is 19.4 Å². The summed E-state index contributed by atoms with van der Waals surface area (Å²) in [5.74, 6) is 0.189. The first-order valence-corrected chi connectivity index (χ1v) is 9.91. The molecular weight excluding hydrogens is 372 g/mol. The minimum absolute atomic E-state index is 0.247. The van der Waals surface area contributed by atoms with Crippen molar-refractivity contribution in [3.05, 3.63) is 46.4 Å². The van der Waals surface area contributed by atoms with Gasteiger partial charge < -0.3 is 24.7 Å². The average Bonchev–Trinajstić information content (AvgIpc) is 3.08. The van der Waals surface area contributed by atoms with E-state index in [2.05, 4.69) is 20.2 Å². The largest absolute Gasteiger partial charge is 0.465 e. The van der Waals surface area contributed by atoms with Crippen molar-refractivity contribution in [2.75, 3.05) is 38.3 Å². The number of rotatable bonds is 7. The number of morpholine rings is 1. The Morgan fingerprint density at radius 3 is 2.79 bits per heavy atom. The Labute approximate surface area is 170 Å². The second-order valence-electron chi connectivity index (χ2n) is 6.99. The first kappa shape index (κ1) is 20.9. The van der Waals surface area contributed by atoms with Gasteiger partial charge in [-0.15, -0.1) is 0 Å². The second kappa shape index (κ2) is 9.56. The molecule has 1 fully saturated rings. The van der Waals surface area contributed by atoms with E-state index < -0.39 is 5.97 Å². The van der Waals surface area contributed by atoms with Crippen LogP contribution < -0.4 is 10.2 Å². The summed E-state index contributed by atoms with van der Waals surface area (Å²) in [5, 5.41) is 2.97. The second-order valence-corrected chi connectivity index (χ2v) is 6.99. The van der Waals surface area contributed by atoms with Gasteiger partial charge in [-0.25, -0.2) is 9.78 Å². The zero-order valence-electron chi connectivity index (χ0n) is 17.2. The molecule has 1 aliphatic rings. The first-order chi connectivity index (χ1) is 14.1. The number of hydrogen-bond acceptors (Lipinski definition) is 6. The van der Waals surface area contributed by atoms with E-state index in [-0.39, 0.29) is 5.91 Å². The van der Waals surface area contributed by atoms with E-state index in [0.717, 1.165) is 30.9 Å². The number of aromatic amines is 1. The summed E-state index contributed by atoms with van der Waals surface area (Å²) in [6.07, 6.45) is 3.18. The number of hydrogen-bond donors (Lipinski definition) is 2. The number of aryl methyl sites for hydroxylation is 1. The minimum Gasteiger partial charge on any atom is -0.465 e. The molecule has 8 nitrogen and oxygen atoms in total. The van der Waals surface area contributed by atoms with Gasteiger partial charge in [-0.05, 0) is 25.0 Å². The van der Waals surface area contributed by atoms with Gasteiger partial charge in [0.2, 0.25) is 0 Å². The Kier molecular flexibility index (Phi) is 6.87. The number of carbonyl (C=O) groups excluding carboxylic acids is 2. The van der Waals surface area contributed by atoms with Gasteiger partial charge in [0.05, 0.1) is 25.9 Å². The molecule has 1 amide bonds. The number of H-pyrrole nitrogens is 1. The summed E-state index contributed by atoms with van der Waals surface area (Å²) in [6.45, 7) is 7.02. The third kappa shape index (κ3) is 4.59. The van der Waals surface area contributed by atoms with E-state index in [9.17, 15) is 9.59 Å². The van der Waals surface area contributed by atoms with Gasteiger partial charge >= 0.3 is 5.97 Å². The molecule has 0 aromatic carbocycles. The number of carbonyl (C=O) groups is 2. The molecule has 2 N–H and O–H groups in total. The van der Waals surface area contributed by atoms with Crippen molar-refractivity contribution in [3.8, 4) is 0 Å². The summed E-state index contributed by atoms with van der Waals surface area (Å²) in [4.78, 5) is 34.8. The van der Waals surface area contributed by atoms with E-state index in [1.165, 1.54) is 7.11 Å². The van der Waals surface area contributed by atoms with Crippen LogP contribution in [0.25, 0.3) is 0 Å². The number of nitrogens with zero attached hydrogens (tertiary/aromatic N) is 2. The van der Waals surface area contributed by atoms with E-state index >= 15 is 0 Å². The summed E-state index contributed by atoms with van der Waals surface area (Å²) in [7, 11) is 1.35. The molecule has 0 atom stereocenters. The van der Waals surface area contributed by atoms with E-state index in [0.29, 0.717) is 48.7 Å². The average molecular weight is 400 g/mol. The van der Waals surface area contributed by atoms with Crippen molar-refractivity contribution in [1.29, 1.82) is 0 Å². The highest BCUT2D eigenvalue weighted by Crippen LogP contribution is 2.23. The van der Waals surface area contributed by atoms with Crippen LogP contribution in [-0.4, -0.2) is 55.3 Å². The topological polar surface area (TPSA) is 96.5 Å². The molecule has 2 aromatic rings. The molecule has 0 saturated carbocycles. The molecule has 29 heavy (non-hydrogen) atoms. The monoisotopic (exact) mass is 400 g/mol. The quantitative estimate of drug-likeness (QED) is 0.692. The highest BCUT2D eigenvalue weighted by molar-refractivity contribution is 6.00. The van der Waals surface area contributed by atoms with Crippen LogP contribution in [0.15, 0.2) is 18.3 Å². The van der Waals surface area contributed by atoms with Gasteiger partial charge in [0.1, 0.15) is 11.5 Å². The van der Waals surface area contributed by atoms with Crippen LogP contribution >= 0.6 is 0 Å². The van der Waals surface area contributed by atoms with Crippen molar-refractivity contribution in [3.63, 3.8) is 0 Å². The van der Waals surface area contributed by atoms with Crippen LogP contribution in [0.1, 0.15) is 51.0 Å². The summed E-state index contributed by atoms with van der Waals surface area (Å²) in [5.41, 5.74) is 3.16. The van der Waals surface area contributed by atoms with Crippen molar-refractivity contribution in [2.45, 2.75) is 33.2 Å². The molecule has 1 aliphatic heterocycles. The predicted molar refractivity (Wildman–Crippen MR) is 109 cm³/mol. The van der Waals surface area contributed by atoms with E-state index in [1.807, 2.05) is 19.1 Å². The van der Waals surface area contributed by atoms with Gasteiger partial charge in [-0.2, -0.15) is 0 Å². The summed E-state index contributed by atoms with van der Waals surface area (Å²) < 4.78 is 10.3. The molecular formula is C21H28N4O4. The Bertz CT molecular complexity index is 872. The van der Waals surface area contributed by atoms with Crippen molar-refractivity contribution in [1.82, 2.24) is 15.3 Å². The SMILES string of the molecule is CCCc1c(C(=O)NCc2cccnc2N2CCOCC2)[nH]c(C)c1C(=O)OC. The Morgan fingerprint density at radius 2 is 2.10 bits per heavy atom. The van der Waals surface area contributed by atoms with Crippen molar-refractivity contribution >= 4 is 17.7 Å². The maximum absolute atomic E-state index is 12.9. The van der Waals surface area contributed by atoms with Gasteiger partial charge in [0.15, 0.2) is 0 Å². The van der Waals surface area contributed by atoms with Crippen molar-refractivity contribution in [2.24, 2.45) is 0 Å². The van der Waals surface area contributed by atoms with E-state index in [4.69, 9.17) is 9.47 Å². The lowest BCUT2D eigenvalue weighted by molar-refractivity contribution is 0.0599. The van der Waals surface area contributed by atoms with Gasteiger partial charge in [0, 0.05) is 37.1 Å². The minimum atomic E-state index is -0.428. The highest BCUT2D eigenvalue weighted by atomic mass is 16.5. The number of pyridine rings is 1. The fraction of sp³-hybridized carbons (Fsp3) is 0.476. The Balaban J connectivity index is 1.79. The fourth-order valence-corrected chi connectivity index (χ4v) is 3.64. The predicted octanol–water partition coefficient (Wildman–Crippen LogP) is 2.22. The lowest BCUT2D eigenvalue weighted by Gasteiger charge is -2.29. The van der Waals surface area contributed by atoms with Crippen LogP contribution in [0.2, 0.25) is 0 Å². The molecule has 1 saturated heterocycles. The van der Waals surface area contributed by atoms with Crippen LogP contribution in [0.3, 0.4) is 0 Å². The zero-order valence-corrected chi connectivity index (χ0v) is 17.2. The van der Waals surface area contributed by atoms with Gasteiger partial charge in [0.25, 0.3) is 5.91 Å². The Morgan fingerprint density at radius 1 is 1.34 bits per heavy atom. The maximum Gasteiger partial charge on any atom is 0.339 e. The third-order valence-corrected chi connectivity index (χ3v) is 5.03. The number of ether oxygens (including phenoxy) is 2. The number of nitrogens with one attached hydrogen (secondary N) is 2. The zero-order chi connectivity index (χ0) is 20.8. The lowest BCUT2D eigenvalue weighted by Crippen LogP contribution is -2.38. The van der Waals surface area contributed by atoms with Crippen molar-refractivity contribution < 1.29 is 19.1 Å². The number of amides is 1. The highest BCUT2D eigenvalue weighted by Gasteiger charge is 2.25. The molecule has 8 heteroatoms. The summed E-state index contributed by atoms with van der Waals surface area (Å²) in [6, 6.07) is 3.83. The molecule has 0 bridgehead atoms. The molecule has 156 valence electrons. The van der Waals surface area contributed by atoms with Gasteiger partial charge in [-0.3, -0.25) is 4.79 Å². The molecule has 0 radical (unpaired) electrons. The Hall–Kier alpha value is -2.87.